The lowest BCUT2D eigenvalue weighted by atomic mass is 9.79. The first-order chi connectivity index (χ1) is 7.51. The van der Waals surface area contributed by atoms with E-state index in [1.807, 2.05) is 18.2 Å². The monoisotopic (exact) mass is 240 g/mol. The van der Waals surface area contributed by atoms with Gasteiger partial charge >= 0.3 is 0 Å². The largest absolute Gasteiger partial charge is 0.271 e. The SMILES string of the molecule is CCC(C)(C)C(Cc1ccccc1Cl)NN. The first kappa shape index (κ1) is 13.5. The average Bonchev–Trinajstić information content (AvgIpc) is 2.27. The molecule has 1 atom stereocenters. The van der Waals surface area contributed by atoms with E-state index in [0.29, 0.717) is 0 Å². The van der Waals surface area contributed by atoms with Crippen LogP contribution < -0.4 is 11.3 Å². The highest BCUT2D eigenvalue weighted by Crippen LogP contribution is 2.28. The fourth-order valence-electron chi connectivity index (χ4n) is 1.69. The minimum Gasteiger partial charge on any atom is -0.271 e. The zero-order valence-electron chi connectivity index (χ0n) is 10.3. The standard InChI is InChI=1S/C13H21ClN2/c1-4-13(2,3)12(16-15)9-10-7-5-6-8-11(10)14/h5-8,12,16H,4,9,15H2,1-3H3. The number of benzene rings is 1. The van der Waals surface area contributed by atoms with Gasteiger partial charge in [-0.3, -0.25) is 11.3 Å². The molecule has 2 nitrogen and oxygen atoms in total. The van der Waals surface area contributed by atoms with Crippen molar-refractivity contribution in [3.8, 4) is 0 Å². The number of nitrogens with two attached hydrogens (primary N) is 1. The Morgan fingerprint density at radius 1 is 1.38 bits per heavy atom. The van der Waals surface area contributed by atoms with Gasteiger partial charge in [-0.25, -0.2) is 0 Å². The van der Waals surface area contributed by atoms with Crippen LogP contribution in [0.2, 0.25) is 5.02 Å². The lowest BCUT2D eigenvalue weighted by Crippen LogP contribution is -2.46. The third kappa shape index (κ3) is 3.21. The Labute approximate surface area is 103 Å². The minimum absolute atomic E-state index is 0.161. The van der Waals surface area contributed by atoms with E-state index in [1.54, 1.807) is 0 Å². The van der Waals surface area contributed by atoms with Crippen LogP contribution >= 0.6 is 11.6 Å². The molecule has 3 heteroatoms. The van der Waals surface area contributed by atoms with Crippen molar-refractivity contribution in [1.82, 2.24) is 5.43 Å². The molecule has 3 N–H and O–H groups in total. The molecule has 1 rings (SSSR count). The Morgan fingerprint density at radius 2 is 2.00 bits per heavy atom. The third-order valence-corrected chi connectivity index (χ3v) is 3.81. The van der Waals surface area contributed by atoms with E-state index in [4.69, 9.17) is 17.4 Å². The van der Waals surface area contributed by atoms with E-state index in [1.165, 1.54) is 0 Å². The van der Waals surface area contributed by atoms with Crippen LogP contribution in [-0.2, 0) is 6.42 Å². The summed E-state index contributed by atoms with van der Waals surface area (Å²) in [5.74, 6) is 5.64. The molecule has 0 heterocycles. The van der Waals surface area contributed by atoms with Gasteiger partial charge in [-0.1, -0.05) is 50.6 Å². The molecule has 0 aliphatic heterocycles. The molecule has 0 fully saturated rings. The average molecular weight is 241 g/mol. The molecular weight excluding hydrogens is 220 g/mol. The van der Waals surface area contributed by atoms with Gasteiger partial charge in [0.1, 0.15) is 0 Å². The second kappa shape index (κ2) is 5.67. The van der Waals surface area contributed by atoms with Gasteiger partial charge in [0.05, 0.1) is 0 Å². The summed E-state index contributed by atoms with van der Waals surface area (Å²) in [6.07, 6.45) is 1.93. The molecule has 0 saturated carbocycles. The van der Waals surface area contributed by atoms with Gasteiger partial charge in [0.15, 0.2) is 0 Å². The lowest BCUT2D eigenvalue weighted by Gasteiger charge is -2.33. The molecule has 0 aromatic heterocycles. The molecule has 0 bridgehead atoms. The smallest absolute Gasteiger partial charge is 0.0438 e. The quantitative estimate of drug-likeness (QED) is 0.613. The van der Waals surface area contributed by atoms with Gasteiger partial charge in [-0.2, -0.15) is 0 Å². The summed E-state index contributed by atoms with van der Waals surface area (Å²) in [6.45, 7) is 6.61. The molecular formula is C13H21ClN2. The van der Waals surface area contributed by atoms with Crippen LogP contribution in [0.4, 0.5) is 0 Å². The van der Waals surface area contributed by atoms with E-state index in [2.05, 4.69) is 32.3 Å². The first-order valence-electron chi connectivity index (χ1n) is 5.70. The Balaban J connectivity index is 2.82. The second-order valence-electron chi connectivity index (χ2n) is 4.86. The number of nitrogens with one attached hydrogen (secondary N) is 1. The highest BCUT2D eigenvalue weighted by Gasteiger charge is 2.27. The molecule has 16 heavy (non-hydrogen) atoms. The van der Waals surface area contributed by atoms with Crippen LogP contribution in [0.15, 0.2) is 24.3 Å². The van der Waals surface area contributed by atoms with Gasteiger partial charge in [-0.15, -0.1) is 0 Å². The fraction of sp³-hybridized carbons (Fsp3) is 0.538. The van der Waals surface area contributed by atoms with Crippen LogP contribution in [0.1, 0.15) is 32.8 Å². The van der Waals surface area contributed by atoms with Gasteiger partial charge < -0.3 is 0 Å². The van der Waals surface area contributed by atoms with E-state index >= 15 is 0 Å². The van der Waals surface area contributed by atoms with Crippen LogP contribution in [0.3, 0.4) is 0 Å². The normalized spacial score (nSPS) is 13.8. The van der Waals surface area contributed by atoms with Gasteiger partial charge in [0.2, 0.25) is 0 Å². The summed E-state index contributed by atoms with van der Waals surface area (Å²) in [5, 5.41) is 0.814. The molecule has 90 valence electrons. The molecule has 0 saturated heterocycles. The maximum atomic E-state index is 6.15. The number of hydrogen-bond donors (Lipinski definition) is 2. The van der Waals surface area contributed by atoms with Crippen LogP contribution in [0, 0.1) is 5.41 Å². The Morgan fingerprint density at radius 3 is 2.50 bits per heavy atom. The fourth-order valence-corrected chi connectivity index (χ4v) is 1.90. The first-order valence-corrected chi connectivity index (χ1v) is 6.08. The maximum absolute atomic E-state index is 6.15. The number of hydrazine groups is 1. The Kier molecular flexibility index (Phi) is 4.78. The Bertz CT molecular complexity index is 336. The summed E-state index contributed by atoms with van der Waals surface area (Å²) < 4.78 is 0. The van der Waals surface area contributed by atoms with E-state index in [0.717, 1.165) is 23.4 Å². The summed E-state index contributed by atoms with van der Waals surface area (Å²) in [7, 11) is 0. The molecule has 0 amide bonds. The van der Waals surface area contributed by atoms with Crippen molar-refractivity contribution in [2.24, 2.45) is 11.3 Å². The molecule has 1 aromatic rings. The second-order valence-corrected chi connectivity index (χ2v) is 5.26. The van der Waals surface area contributed by atoms with Gasteiger partial charge in [-0.05, 0) is 29.9 Å². The van der Waals surface area contributed by atoms with Gasteiger partial charge in [0.25, 0.3) is 0 Å². The highest BCUT2D eigenvalue weighted by atomic mass is 35.5. The van der Waals surface area contributed by atoms with Crippen molar-refractivity contribution in [1.29, 1.82) is 0 Å². The number of rotatable bonds is 5. The summed E-state index contributed by atoms with van der Waals surface area (Å²) >= 11 is 6.15. The number of hydrogen-bond acceptors (Lipinski definition) is 2. The summed E-state index contributed by atoms with van der Waals surface area (Å²) in [6, 6.07) is 8.16. The zero-order chi connectivity index (χ0) is 12.2. The van der Waals surface area contributed by atoms with Crippen molar-refractivity contribution < 1.29 is 0 Å². The van der Waals surface area contributed by atoms with Crippen molar-refractivity contribution in [2.75, 3.05) is 0 Å². The van der Waals surface area contributed by atoms with Crippen LogP contribution in [0.5, 0.6) is 0 Å². The van der Waals surface area contributed by atoms with Crippen molar-refractivity contribution in [3.05, 3.63) is 34.9 Å². The van der Waals surface area contributed by atoms with E-state index in [-0.39, 0.29) is 11.5 Å². The summed E-state index contributed by atoms with van der Waals surface area (Å²) in [4.78, 5) is 0. The van der Waals surface area contributed by atoms with E-state index in [9.17, 15) is 0 Å². The van der Waals surface area contributed by atoms with Crippen molar-refractivity contribution in [2.45, 2.75) is 39.7 Å². The number of halogens is 1. The third-order valence-electron chi connectivity index (χ3n) is 3.44. The predicted molar refractivity (Wildman–Crippen MR) is 70.3 cm³/mol. The molecule has 0 spiro atoms. The molecule has 1 unspecified atom stereocenters. The highest BCUT2D eigenvalue weighted by molar-refractivity contribution is 6.31. The lowest BCUT2D eigenvalue weighted by molar-refractivity contribution is 0.231. The van der Waals surface area contributed by atoms with Crippen LogP contribution in [0.25, 0.3) is 0 Å². The van der Waals surface area contributed by atoms with Crippen molar-refractivity contribution in [3.63, 3.8) is 0 Å². The molecule has 0 aliphatic rings. The summed E-state index contributed by atoms with van der Waals surface area (Å²) in [5.41, 5.74) is 4.22. The topological polar surface area (TPSA) is 38.0 Å². The van der Waals surface area contributed by atoms with Gasteiger partial charge in [0, 0.05) is 11.1 Å². The van der Waals surface area contributed by atoms with Crippen molar-refractivity contribution >= 4 is 11.6 Å². The molecule has 0 aliphatic carbocycles. The van der Waals surface area contributed by atoms with E-state index < -0.39 is 0 Å². The molecule has 1 aromatic carbocycles. The molecule has 0 radical (unpaired) electrons. The Hall–Kier alpha value is -0.570. The van der Waals surface area contributed by atoms with Crippen LogP contribution in [-0.4, -0.2) is 6.04 Å². The predicted octanol–water partition coefficient (Wildman–Crippen LogP) is 3.15. The minimum atomic E-state index is 0.161. The maximum Gasteiger partial charge on any atom is 0.0438 e. The zero-order valence-corrected chi connectivity index (χ0v) is 11.0.